The van der Waals surface area contributed by atoms with E-state index in [1.807, 2.05) is 0 Å². The van der Waals surface area contributed by atoms with Gasteiger partial charge in [0, 0.05) is 13.1 Å². The van der Waals surface area contributed by atoms with Crippen LogP contribution in [-0.4, -0.2) is 31.6 Å². The molecule has 0 atom stereocenters. The highest BCUT2D eigenvalue weighted by Gasteiger charge is 2.27. The van der Waals surface area contributed by atoms with E-state index >= 15 is 0 Å². The van der Waals surface area contributed by atoms with Crippen molar-refractivity contribution in [2.45, 2.75) is 47.5 Å². The molecule has 0 bridgehead atoms. The third-order valence-electron chi connectivity index (χ3n) is 3.28. The molecule has 0 aliphatic carbocycles. The summed E-state index contributed by atoms with van der Waals surface area (Å²) < 4.78 is 0. The van der Waals surface area contributed by atoms with Gasteiger partial charge in [-0.3, -0.25) is 0 Å². The normalized spacial score (nSPS) is 13.6. The minimum absolute atomic E-state index is 0.319. The molecule has 2 heteroatoms. The van der Waals surface area contributed by atoms with Crippen molar-refractivity contribution in [3.8, 4) is 0 Å². The Bertz CT molecular complexity index is 158. The van der Waals surface area contributed by atoms with Crippen molar-refractivity contribution in [3.05, 3.63) is 0 Å². The van der Waals surface area contributed by atoms with E-state index in [0.29, 0.717) is 10.8 Å². The number of hydrogen-bond acceptors (Lipinski definition) is 2. The lowest BCUT2D eigenvalue weighted by Crippen LogP contribution is -2.42. The largest absolute Gasteiger partial charge is 0.330 e. The summed E-state index contributed by atoms with van der Waals surface area (Å²) in [4.78, 5) is 2.43. The van der Waals surface area contributed by atoms with Crippen molar-refractivity contribution in [2.24, 2.45) is 16.6 Å². The minimum atomic E-state index is 0.319. The molecule has 2 nitrogen and oxygen atoms in total. The zero-order valence-electron chi connectivity index (χ0n) is 11.6. The van der Waals surface area contributed by atoms with E-state index in [2.05, 4.69) is 46.6 Å². The third kappa shape index (κ3) is 5.53. The van der Waals surface area contributed by atoms with Crippen LogP contribution in [-0.2, 0) is 0 Å². The van der Waals surface area contributed by atoms with Crippen molar-refractivity contribution in [1.29, 1.82) is 0 Å². The van der Waals surface area contributed by atoms with Crippen molar-refractivity contribution >= 4 is 0 Å². The Labute approximate surface area is 96.2 Å². The first-order valence-electron chi connectivity index (χ1n) is 6.17. The van der Waals surface area contributed by atoms with E-state index in [1.165, 1.54) is 12.8 Å². The molecule has 0 amide bonds. The van der Waals surface area contributed by atoms with Crippen LogP contribution < -0.4 is 5.73 Å². The quantitative estimate of drug-likeness (QED) is 0.736. The SMILES string of the molecule is CCC(CC)(CN)CN(C)CC(C)(C)C. The van der Waals surface area contributed by atoms with Gasteiger partial charge in [0.2, 0.25) is 0 Å². The predicted octanol–water partition coefficient (Wildman–Crippen LogP) is 2.73. The topological polar surface area (TPSA) is 29.3 Å². The molecular formula is C13H30N2. The first kappa shape index (κ1) is 14.9. The van der Waals surface area contributed by atoms with Crippen molar-refractivity contribution in [1.82, 2.24) is 4.90 Å². The molecule has 0 aromatic heterocycles. The summed E-state index contributed by atoms with van der Waals surface area (Å²) >= 11 is 0. The second kappa shape index (κ2) is 5.86. The molecule has 0 aliphatic rings. The van der Waals surface area contributed by atoms with Gasteiger partial charge in [0.1, 0.15) is 0 Å². The Morgan fingerprint density at radius 3 is 1.73 bits per heavy atom. The van der Waals surface area contributed by atoms with Gasteiger partial charge in [-0.1, -0.05) is 34.6 Å². The summed E-state index contributed by atoms with van der Waals surface area (Å²) in [7, 11) is 2.21. The lowest BCUT2D eigenvalue weighted by Gasteiger charge is -2.37. The van der Waals surface area contributed by atoms with E-state index in [1.54, 1.807) is 0 Å². The predicted molar refractivity (Wildman–Crippen MR) is 69.0 cm³/mol. The summed E-state index contributed by atoms with van der Waals surface area (Å²) in [6.45, 7) is 14.4. The summed E-state index contributed by atoms with van der Waals surface area (Å²) in [6, 6.07) is 0. The third-order valence-corrected chi connectivity index (χ3v) is 3.28. The molecule has 0 heterocycles. The number of nitrogens with zero attached hydrogens (tertiary/aromatic N) is 1. The lowest BCUT2D eigenvalue weighted by molar-refractivity contribution is 0.133. The maximum absolute atomic E-state index is 5.91. The van der Waals surface area contributed by atoms with E-state index in [0.717, 1.165) is 19.6 Å². The van der Waals surface area contributed by atoms with Crippen LogP contribution >= 0.6 is 0 Å². The van der Waals surface area contributed by atoms with Crippen molar-refractivity contribution in [2.75, 3.05) is 26.7 Å². The number of rotatable bonds is 6. The van der Waals surface area contributed by atoms with Crippen LogP contribution in [0.15, 0.2) is 0 Å². The molecule has 0 aromatic rings. The molecule has 0 radical (unpaired) electrons. The Hall–Kier alpha value is -0.0800. The van der Waals surface area contributed by atoms with E-state index in [9.17, 15) is 0 Å². The monoisotopic (exact) mass is 214 g/mol. The molecule has 0 fully saturated rings. The Morgan fingerprint density at radius 2 is 1.47 bits per heavy atom. The summed E-state index contributed by atoms with van der Waals surface area (Å²) in [5.74, 6) is 0. The summed E-state index contributed by atoms with van der Waals surface area (Å²) in [5, 5.41) is 0. The fraction of sp³-hybridized carbons (Fsp3) is 1.00. The average Bonchev–Trinajstić information content (AvgIpc) is 2.11. The Morgan fingerprint density at radius 1 is 1.00 bits per heavy atom. The van der Waals surface area contributed by atoms with Crippen LogP contribution in [0.1, 0.15) is 47.5 Å². The minimum Gasteiger partial charge on any atom is -0.330 e. The first-order chi connectivity index (χ1) is 6.78. The van der Waals surface area contributed by atoms with Crippen LogP contribution in [0.5, 0.6) is 0 Å². The Kier molecular flexibility index (Phi) is 5.82. The molecule has 15 heavy (non-hydrogen) atoms. The molecular weight excluding hydrogens is 184 g/mol. The summed E-state index contributed by atoms with van der Waals surface area (Å²) in [6.07, 6.45) is 2.35. The van der Waals surface area contributed by atoms with Crippen LogP contribution in [0.25, 0.3) is 0 Å². The van der Waals surface area contributed by atoms with E-state index in [-0.39, 0.29) is 0 Å². The molecule has 0 unspecified atom stereocenters. The molecule has 0 spiro atoms. The number of hydrogen-bond donors (Lipinski definition) is 1. The van der Waals surface area contributed by atoms with Gasteiger partial charge in [0.05, 0.1) is 0 Å². The van der Waals surface area contributed by atoms with E-state index in [4.69, 9.17) is 5.73 Å². The fourth-order valence-electron chi connectivity index (χ4n) is 2.27. The molecule has 0 aliphatic heterocycles. The molecule has 92 valence electrons. The van der Waals surface area contributed by atoms with E-state index < -0.39 is 0 Å². The van der Waals surface area contributed by atoms with Crippen LogP contribution in [0, 0.1) is 10.8 Å². The van der Waals surface area contributed by atoms with Gasteiger partial charge >= 0.3 is 0 Å². The van der Waals surface area contributed by atoms with Crippen LogP contribution in [0.4, 0.5) is 0 Å². The fourth-order valence-corrected chi connectivity index (χ4v) is 2.27. The molecule has 0 aromatic carbocycles. The summed E-state index contributed by atoms with van der Waals surface area (Å²) in [5.41, 5.74) is 6.61. The van der Waals surface area contributed by atoms with Crippen LogP contribution in [0.2, 0.25) is 0 Å². The smallest absolute Gasteiger partial charge is 0.00470 e. The highest BCUT2D eigenvalue weighted by atomic mass is 15.1. The van der Waals surface area contributed by atoms with Gasteiger partial charge in [-0.2, -0.15) is 0 Å². The second-order valence-corrected chi connectivity index (χ2v) is 6.14. The van der Waals surface area contributed by atoms with Gasteiger partial charge in [-0.15, -0.1) is 0 Å². The second-order valence-electron chi connectivity index (χ2n) is 6.14. The highest BCUT2D eigenvalue weighted by molar-refractivity contribution is 4.81. The van der Waals surface area contributed by atoms with Crippen LogP contribution in [0.3, 0.4) is 0 Å². The Balaban J connectivity index is 4.29. The maximum atomic E-state index is 5.91. The van der Waals surface area contributed by atoms with Gasteiger partial charge in [0.15, 0.2) is 0 Å². The maximum Gasteiger partial charge on any atom is 0.00470 e. The van der Waals surface area contributed by atoms with Gasteiger partial charge in [0.25, 0.3) is 0 Å². The van der Waals surface area contributed by atoms with Crippen molar-refractivity contribution < 1.29 is 0 Å². The van der Waals surface area contributed by atoms with Gasteiger partial charge in [-0.25, -0.2) is 0 Å². The average molecular weight is 214 g/mol. The molecule has 0 saturated carbocycles. The molecule has 0 saturated heterocycles. The first-order valence-corrected chi connectivity index (χ1v) is 6.17. The van der Waals surface area contributed by atoms with Crippen molar-refractivity contribution in [3.63, 3.8) is 0 Å². The molecule has 2 N–H and O–H groups in total. The standard InChI is InChI=1S/C13H30N2/c1-7-13(8-2,9-14)11-15(6)10-12(3,4)5/h7-11,14H2,1-6H3. The lowest BCUT2D eigenvalue weighted by atomic mass is 9.81. The highest BCUT2D eigenvalue weighted by Crippen LogP contribution is 2.27. The zero-order chi connectivity index (χ0) is 12.1. The van der Waals surface area contributed by atoms with Gasteiger partial charge < -0.3 is 10.6 Å². The number of nitrogens with two attached hydrogens (primary N) is 1. The molecule has 0 rings (SSSR count). The zero-order valence-corrected chi connectivity index (χ0v) is 11.6. The van der Waals surface area contributed by atoms with Gasteiger partial charge in [-0.05, 0) is 37.3 Å².